The molecule has 4 bridgehead atoms. The molecule has 340 valence electrons. The zero-order chi connectivity index (χ0) is 45.9. The van der Waals surface area contributed by atoms with Crippen LogP contribution in [0.1, 0.15) is 123 Å². The van der Waals surface area contributed by atoms with Gasteiger partial charge >= 0.3 is 0 Å². The summed E-state index contributed by atoms with van der Waals surface area (Å²) in [4.78, 5) is 76.4. The van der Waals surface area contributed by atoms with Crippen molar-refractivity contribution in [2.45, 2.75) is 116 Å². The van der Waals surface area contributed by atoms with Crippen molar-refractivity contribution in [1.29, 1.82) is 5.26 Å². The van der Waals surface area contributed by atoms with Gasteiger partial charge in [-0.2, -0.15) is 5.26 Å². The highest BCUT2D eigenvalue weighted by Gasteiger charge is 2.36. The number of nitrogens with one attached hydrogen (secondary N) is 1. The molecule has 2 heterocycles. The lowest BCUT2D eigenvalue weighted by Gasteiger charge is -2.32. The maximum absolute atomic E-state index is 14.7. The van der Waals surface area contributed by atoms with Gasteiger partial charge in [-0.05, 0) is 85.7 Å². The number of hydrogen-bond acceptors (Lipinski definition) is 12. The summed E-state index contributed by atoms with van der Waals surface area (Å²) in [6.45, 7) is 6.58. The van der Waals surface area contributed by atoms with E-state index in [0.717, 1.165) is 30.4 Å². The number of ether oxygens (including phenoxy) is 2. The number of nitrogens with two attached hydrogens (primary N) is 3. The number of aryl methyl sites for hydroxylation is 2. The first kappa shape index (κ1) is 50.2. The molecule has 0 unspecified atom stereocenters. The molecule has 2 aromatic carbocycles. The molecule has 1 aromatic heterocycles. The van der Waals surface area contributed by atoms with E-state index in [0.29, 0.717) is 39.4 Å². The van der Waals surface area contributed by atoms with Gasteiger partial charge in [-0.25, -0.2) is 0 Å². The van der Waals surface area contributed by atoms with Crippen LogP contribution in [-0.4, -0.2) is 85.0 Å². The summed E-state index contributed by atoms with van der Waals surface area (Å²) in [5.41, 5.74) is 22.1. The van der Waals surface area contributed by atoms with Crippen LogP contribution in [0.15, 0.2) is 48.7 Å². The summed E-state index contributed by atoms with van der Waals surface area (Å²) < 4.78 is 12.2. The topological polar surface area (TPSA) is 234 Å². The molecule has 2 amide bonds. The number of likely N-dealkylation sites (N-methyl/N-ethyl adjacent to an activating group) is 1. The average Bonchev–Trinajstić information content (AvgIpc) is 3.27. The van der Waals surface area contributed by atoms with Gasteiger partial charge in [-0.15, -0.1) is 0 Å². The second-order valence-electron chi connectivity index (χ2n) is 16.6. The summed E-state index contributed by atoms with van der Waals surface area (Å²) in [6.07, 6.45) is 9.43. The van der Waals surface area contributed by atoms with E-state index in [9.17, 15) is 29.2 Å². The number of carbonyl (C=O) groups is 5. The number of nitrogens with zero attached hydrogens (tertiary/aromatic N) is 3. The lowest BCUT2D eigenvalue weighted by Crippen LogP contribution is -2.46. The first-order valence-electron chi connectivity index (χ1n) is 22.5. The van der Waals surface area contributed by atoms with E-state index in [1.54, 1.807) is 43.5 Å². The molecule has 0 saturated heterocycles. The molecular weight excluding hydrogens is 799 g/mol. The van der Waals surface area contributed by atoms with Gasteiger partial charge in [-0.1, -0.05) is 64.2 Å². The van der Waals surface area contributed by atoms with E-state index >= 15 is 0 Å². The molecule has 4 rings (SSSR count). The number of ketones is 3. The third-order valence-corrected chi connectivity index (χ3v) is 11.5. The Morgan fingerprint density at radius 2 is 1.59 bits per heavy atom. The molecule has 0 radical (unpaired) electrons. The number of hydrogen-bond donors (Lipinski definition) is 4. The van der Waals surface area contributed by atoms with Crippen LogP contribution in [0.4, 0.5) is 0 Å². The predicted molar refractivity (Wildman–Crippen MR) is 243 cm³/mol. The van der Waals surface area contributed by atoms with Crippen LogP contribution in [0.5, 0.6) is 11.5 Å². The van der Waals surface area contributed by atoms with Crippen LogP contribution in [0.25, 0.3) is 11.1 Å². The number of benzene rings is 2. The van der Waals surface area contributed by atoms with E-state index in [4.69, 9.17) is 26.7 Å². The van der Waals surface area contributed by atoms with Gasteiger partial charge in [0.1, 0.15) is 36.4 Å². The molecule has 3 aromatic rings. The molecule has 0 fully saturated rings. The summed E-state index contributed by atoms with van der Waals surface area (Å²) in [5, 5.41) is 12.1. The van der Waals surface area contributed by atoms with E-state index in [2.05, 4.69) is 17.2 Å². The standard InChI is InChI=1S/C49H67N7O7/c1-5-6-7-8-9-10-12-35-25-32(2)46(54-31-35)42(58)30-37(18-20-51)49(61)56(4)47-36-15-17-45(63-24-22-53)39(29-36)38-27-34(14-16-44(38)62-23-21-52)28-40(41(57)13-11-19-50)55-48(60)33(3)26-43(47)59/h14-17,25,27,29,31,33,37,40,47H,5-13,18,20-24,26,28,30,51-53H2,1-4H3,(H,55,60)/t33-,37-,40+,47+/m1/s1. The van der Waals surface area contributed by atoms with Gasteiger partial charge in [0.05, 0.1) is 12.1 Å². The molecule has 63 heavy (non-hydrogen) atoms. The number of Topliss-reactive ketones (excluding diaryl/α,β-unsaturated/α-hetero) is 3. The van der Waals surface area contributed by atoms with Crippen LogP contribution in [0.3, 0.4) is 0 Å². The van der Waals surface area contributed by atoms with E-state index < -0.39 is 41.5 Å². The predicted octanol–water partition coefficient (Wildman–Crippen LogP) is 5.88. The Morgan fingerprint density at radius 3 is 2.24 bits per heavy atom. The maximum Gasteiger partial charge on any atom is 0.226 e. The minimum Gasteiger partial charge on any atom is -0.492 e. The highest BCUT2D eigenvalue weighted by molar-refractivity contribution is 5.99. The average molecular weight is 866 g/mol. The molecule has 0 saturated carbocycles. The summed E-state index contributed by atoms with van der Waals surface area (Å²) in [6, 6.07) is 12.3. The van der Waals surface area contributed by atoms with Crippen molar-refractivity contribution in [3.63, 3.8) is 0 Å². The molecule has 1 aliphatic rings. The molecule has 0 spiro atoms. The normalized spacial score (nSPS) is 16.9. The first-order chi connectivity index (χ1) is 30.4. The monoisotopic (exact) mass is 866 g/mol. The summed E-state index contributed by atoms with van der Waals surface area (Å²) >= 11 is 0. The number of unbranched alkanes of at least 4 members (excludes halogenated alkanes) is 5. The lowest BCUT2D eigenvalue weighted by atomic mass is 9.88. The van der Waals surface area contributed by atoms with Gasteiger partial charge in [0.15, 0.2) is 17.3 Å². The Labute approximate surface area is 372 Å². The van der Waals surface area contributed by atoms with Crippen molar-refractivity contribution in [1.82, 2.24) is 15.2 Å². The second-order valence-corrected chi connectivity index (χ2v) is 16.6. The Kier molecular flexibility index (Phi) is 20.4. The summed E-state index contributed by atoms with van der Waals surface area (Å²) in [7, 11) is 1.52. The zero-order valence-electron chi connectivity index (χ0n) is 37.6. The minimum atomic E-state index is -1.21. The number of amides is 2. The third kappa shape index (κ3) is 14.3. The fourth-order valence-electron chi connectivity index (χ4n) is 8.13. The smallest absolute Gasteiger partial charge is 0.226 e. The highest BCUT2D eigenvalue weighted by Crippen LogP contribution is 2.41. The Balaban J connectivity index is 1.76. The molecule has 1 aliphatic heterocycles. The van der Waals surface area contributed by atoms with Crippen LogP contribution in [0, 0.1) is 30.1 Å². The zero-order valence-corrected chi connectivity index (χ0v) is 37.6. The SMILES string of the molecule is CCCCCCCCc1cnc(C(=O)C[C@@H](CCN)C(=O)N(C)[C@@H]2C(=O)C[C@@H](C)C(=O)N[C@H](C(=O)CCC#N)Cc3ccc(OCCN)c(c3)-c3cc2ccc3OCCN)c(C)c1. The Hall–Kier alpha value is -5.49. The fourth-order valence-corrected chi connectivity index (χ4v) is 8.13. The number of nitriles is 1. The molecule has 14 nitrogen and oxygen atoms in total. The first-order valence-corrected chi connectivity index (χ1v) is 22.5. The fraction of sp³-hybridized carbons (Fsp3) is 0.531. The molecule has 4 atom stereocenters. The van der Waals surface area contributed by atoms with Crippen LogP contribution < -0.4 is 32.0 Å². The largest absolute Gasteiger partial charge is 0.492 e. The van der Waals surface area contributed by atoms with E-state index in [-0.39, 0.29) is 82.9 Å². The van der Waals surface area contributed by atoms with Crippen LogP contribution >= 0.6 is 0 Å². The summed E-state index contributed by atoms with van der Waals surface area (Å²) in [5.74, 6) is -2.95. The Morgan fingerprint density at radius 1 is 0.921 bits per heavy atom. The van der Waals surface area contributed by atoms with E-state index in [1.807, 2.05) is 25.1 Å². The maximum atomic E-state index is 14.7. The number of carbonyl (C=O) groups excluding carboxylic acids is 5. The van der Waals surface area contributed by atoms with Crippen molar-refractivity contribution >= 4 is 29.2 Å². The van der Waals surface area contributed by atoms with Gasteiger partial charge in [0.2, 0.25) is 11.8 Å². The van der Waals surface area contributed by atoms with Gasteiger partial charge in [-0.3, -0.25) is 29.0 Å². The van der Waals surface area contributed by atoms with Gasteiger partial charge < -0.3 is 36.9 Å². The number of fused-ring (bicyclic) bond motifs is 5. The van der Waals surface area contributed by atoms with Gasteiger partial charge in [0, 0.05) is 75.0 Å². The van der Waals surface area contributed by atoms with Crippen molar-refractivity contribution in [2.24, 2.45) is 29.0 Å². The molecular formula is C49H67N7O7. The molecule has 14 heteroatoms. The third-order valence-electron chi connectivity index (χ3n) is 11.5. The lowest BCUT2D eigenvalue weighted by molar-refractivity contribution is -0.142. The minimum absolute atomic E-state index is 0.0223. The quantitative estimate of drug-likeness (QED) is 0.0646. The molecule has 0 aliphatic carbocycles. The van der Waals surface area contributed by atoms with E-state index in [1.165, 1.54) is 37.6 Å². The second kappa shape index (κ2) is 25.6. The Bertz CT molecular complexity index is 2080. The number of pyridine rings is 1. The highest BCUT2D eigenvalue weighted by atomic mass is 16.5. The van der Waals surface area contributed by atoms with Crippen molar-refractivity contribution < 1.29 is 33.4 Å². The number of rotatable bonds is 23. The van der Waals surface area contributed by atoms with Crippen molar-refractivity contribution in [2.75, 3.05) is 39.9 Å². The molecule has 7 N–H and O–H groups in total. The van der Waals surface area contributed by atoms with Gasteiger partial charge in [0.25, 0.3) is 0 Å². The van der Waals surface area contributed by atoms with Crippen LogP contribution in [0.2, 0.25) is 0 Å². The van der Waals surface area contributed by atoms with Crippen LogP contribution in [-0.2, 0) is 32.0 Å². The van der Waals surface area contributed by atoms with Crippen molar-refractivity contribution in [3.05, 3.63) is 76.6 Å². The number of aromatic nitrogens is 1. The van der Waals surface area contributed by atoms with Crippen molar-refractivity contribution in [3.8, 4) is 28.7 Å².